The van der Waals surface area contributed by atoms with E-state index < -0.39 is 0 Å². The molecule has 0 amide bonds. The molecule has 0 aromatic carbocycles. The third kappa shape index (κ3) is 2.76. The first-order chi connectivity index (χ1) is 5.52. The largest absolute Gasteiger partial charge is 0.217 e. The highest BCUT2D eigenvalue weighted by Crippen LogP contribution is 2.22. The zero-order chi connectivity index (χ0) is 9.19. The molecule has 0 spiro atoms. The van der Waals surface area contributed by atoms with Crippen LogP contribution in [0.25, 0.3) is 0 Å². The van der Waals surface area contributed by atoms with Crippen molar-refractivity contribution in [3.63, 3.8) is 0 Å². The van der Waals surface area contributed by atoms with Gasteiger partial charge in [-0.25, -0.2) is 5.21 Å². The molecular formula is C10H22NO+. The average molecular weight is 172 g/mol. The monoisotopic (exact) mass is 172 g/mol. The fourth-order valence-corrected chi connectivity index (χ4v) is 1.93. The van der Waals surface area contributed by atoms with Gasteiger partial charge in [0.2, 0.25) is 0 Å². The van der Waals surface area contributed by atoms with E-state index in [0.717, 1.165) is 26.1 Å². The number of hydrogen-bond acceptors (Lipinski definition) is 1. The van der Waals surface area contributed by atoms with Crippen molar-refractivity contribution < 1.29 is 9.85 Å². The highest BCUT2D eigenvalue weighted by molar-refractivity contribution is 4.59. The normalized spacial score (nSPS) is 36.2. The van der Waals surface area contributed by atoms with Gasteiger partial charge in [0.25, 0.3) is 0 Å². The van der Waals surface area contributed by atoms with Gasteiger partial charge in [-0.05, 0) is 5.92 Å². The van der Waals surface area contributed by atoms with Crippen LogP contribution in [0.5, 0.6) is 0 Å². The molecule has 0 aliphatic carbocycles. The first kappa shape index (κ1) is 10.0. The molecule has 1 aliphatic heterocycles. The predicted octanol–water partition coefficient (Wildman–Crippen LogP) is 2.28. The van der Waals surface area contributed by atoms with Crippen LogP contribution >= 0.6 is 0 Å². The van der Waals surface area contributed by atoms with E-state index in [1.165, 1.54) is 6.42 Å². The van der Waals surface area contributed by atoms with E-state index in [1.54, 1.807) is 0 Å². The van der Waals surface area contributed by atoms with Gasteiger partial charge in [0, 0.05) is 18.8 Å². The molecule has 2 nitrogen and oxygen atoms in total. The zero-order valence-corrected chi connectivity index (χ0v) is 8.58. The second-order valence-corrected chi connectivity index (χ2v) is 4.80. The van der Waals surface area contributed by atoms with E-state index >= 15 is 0 Å². The summed E-state index contributed by atoms with van der Waals surface area (Å²) in [7, 11) is 0. The molecule has 0 unspecified atom stereocenters. The van der Waals surface area contributed by atoms with Crippen LogP contribution in [0.15, 0.2) is 0 Å². The van der Waals surface area contributed by atoms with Crippen molar-refractivity contribution in [3.8, 4) is 0 Å². The molecule has 1 rings (SSSR count). The van der Waals surface area contributed by atoms with Crippen LogP contribution in [0.4, 0.5) is 0 Å². The highest BCUT2D eigenvalue weighted by Gasteiger charge is 2.34. The Kier molecular flexibility index (Phi) is 3.13. The third-order valence-corrected chi connectivity index (χ3v) is 2.81. The molecule has 0 radical (unpaired) electrons. The zero-order valence-electron chi connectivity index (χ0n) is 8.58. The van der Waals surface area contributed by atoms with Crippen LogP contribution in [0.1, 0.15) is 33.6 Å². The van der Waals surface area contributed by atoms with Crippen LogP contribution in [0, 0.1) is 11.8 Å². The number of quaternary nitrogens is 1. The van der Waals surface area contributed by atoms with E-state index in [2.05, 4.69) is 20.8 Å². The average Bonchev–Trinajstić information content (AvgIpc) is 2.29. The summed E-state index contributed by atoms with van der Waals surface area (Å²) in [5.41, 5.74) is 0. The number of hydrogen-bond donors (Lipinski definition) is 1. The van der Waals surface area contributed by atoms with Crippen LogP contribution in [-0.4, -0.2) is 29.5 Å². The van der Waals surface area contributed by atoms with E-state index in [1.807, 2.05) is 0 Å². The van der Waals surface area contributed by atoms with Crippen molar-refractivity contribution >= 4 is 0 Å². The van der Waals surface area contributed by atoms with Crippen LogP contribution in [-0.2, 0) is 0 Å². The van der Waals surface area contributed by atoms with Crippen molar-refractivity contribution in [1.82, 2.24) is 0 Å². The predicted molar refractivity (Wildman–Crippen MR) is 49.9 cm³/mol. The molecule has 1 saturated heterocycles. The fourth-order valence-electron chi connectivity index (χ4n) is 1.93. The van der Waals surface area contributed by atoms with Crippen molar-refractivity contribution in [2.75, 3.05) is 19.6 Å². The number of likely N-dealkylation sites (tertiary alicyclic amines) is 1. The van der Waals surface area contributed by atoms with Crippen LogP contribution < -0.4 is 0 Å². The molecular weight excluding hydrogens is 150 g/mol. The maximum absolute atomic E-state index is 10.0. The van der Waals surface area contributed by atoms with Gasteiger partial charge in [-0.15, -0.1) is 0 Å². The molecule has 0 aromatic rings. The van der Waals surface area contributed by atoms with Crippen molar-refractivity contribution in [2.45, 2.75) is 33.6 Å². The fraction of sp³-hybridized carbons (Fsp3) is 1.00. The Labute approximate surface area is 75.7 Å². The maximum atomic E-state index is 10.0. The lowest BCUT2D eigenvalue weighted by molar-refractivity contribution is -1.09. The summed E-state index contributed by atoms with van der Waals surface area (Å²) in [4.78, 5) is 0. The minimum absolute atomic E-state index is 0.333. The van der Waals surface area contributed by atoms with Gasteiger partial charge in [-0.1, -0.05) is 20.8 Å². The Bertz CT molecular complexity index is 147. The van der Waals surface area contributed by atoms with Gasteiger partial charge >= 0.3 is 0 Å². The molecule has 0 saturated carbocycles. The number of hydroxylamine groups is 3. The molecule has 0 bridgehead atoms. The van der Waals surface area contributed by atoms with E-state index in [-0.39, 0.29) is 0 Å². The molecule has 1 heterocycles. The Morgan fingerprint density at radius 2 is 2.17 bits per heavy atom. The Morgan fingerprint density at radius 3 is 2.58 bits per heavy atom. The SMILES string of the molecule is CC(C)CC[N@+]1(O)CC[C@@H](C)C1. The Hall–Kier alpha value is -0.0800. The van der Waals surface area contributed by atoms with Crippen LogP contribution in [0.2, 0.25) is 0 Å². The lowest BCUT2D eigenvalue weighted by Gasteiger charge is -2.25. The van der Waals surface area contributed by atoms with E-state index in [9.17, 15) is 5.21 Å². The summed E-state index contributed by atoms with van der Waals surface area (Å²) in [5, 5.41) is 10.0. The second-order valence-electron chi connectivity index (χ2n) is 4.80. The lowest BCUT2D eigenvalue weighted by atomic mass is 10.1. The molecule has 12 heavy (non-hydrogen) atoms. The summed E-state index contributed by atoms with van der Waals surface area (Å²) in [5.74, 6) is 1.42. The summed E-state index contributed by atoms with van der Waals surface area (Å²) in [6.07, 6.45) is 2.33. The smallest absolute Gasteiger partial charge is 0.111 e. The summed E-state index contributed by atoms with van der Waals surface area (Å²) in [6, 6.07) is 0. The minimum atomic E-state index is 0.333. The van der Waals surface area contributed by atoms with Gasteiger partial charge in [0.1, 0.15) is 19.6 Å². The van der Waals surface area contributed by atoms with Gasteiger partial charge in [-0.2, -0.15) is 4.65 Å². The quantitative estimate of drug-likeness (QED) is 0.647. The summed E-state index contributed by atoms with van der Waals surface area (Å²) < 4.78 is 0.333. The molecule has 1 fully saturated rings. The summed E-state index contributed by atoms with van der Waals surface area (Å²) in [6.45, 7) is 9.53. The van der Waals surface area contributed by atoms with Gasteiger partial charge in [0.15, 0.2) is 0 Å². The Morgan fingerprint density at radius 1 is 1.50 bits per heavy atom. The van der Waals surface area contributed by atoms with Gasteiger partial charge in [0.05, 0.1) is 0 Å². The molecule has 72 valence electrons. The number of rotatable bonds is 3. The van der Waals surface area contributed by atoms with Gasteiger partial charge < -0.3 is 0 Å². The van der Waals surface area contributed by atoms with Crippen LogP contribution in [0.3, 0.4) is 0 Å². The first-order valence-corrected chi connectivity index (χ1v) is 5.11. The standard InChI is InChI=1S/C10H22NO/c1-9(2)4-6-11(12)7-5-10(3)8-11/h9-10,12H,4-8H2,1-3H3/q+1/t10-,11+/m1/s1. The first-order valence-electron chi connectivity index (χ1n) is 5.11. The summed E-state index contributed by atoms with van der Waals surface area (Å²) >= 11 is 0. The van der Waals surface area contributed by atoms with Crippen molar-refractivity contribution in [2.24, 2.45) is 11.8 Å². The van der Waals surface area contributed by atoms with Gasteiger partial charge in [-0.3, -0.25) is 0 Å². The number of nitrogens with zero attached hydrogens (tertiary/aromatic N) is 1. The second kappa shape index (κ2) is 3.75. The minimum Gasteiger partial charge on any atom is -0.217 e. The van der Waals surface area contributed by atoms with Crippen molar-refractivity contribution in [1.29, 1.82) is 0 Å². The maximum Gasteiger partial charge on any atom is 0.111 e. The molecule has 1 aliphatic rings. The molecule has 1 N–H and O–H groups in total. The highest BCUT2D eigenvalue weighted by atomic mass is 16.5. The lowest BCUT2D eigenvalue weighted by Crippen LogP contribution is -2.43. The Balaban J connectivity index is 2.30. The molecule has 2 atom stereocenters. The topological polar surface area (TPSA) is 20.2 Å². The molecule has 0 aromatic heterocycles. The molecule has 2 heteroatoms. The van der Waals surface area contributed by atoms with E-state index in [0.29, 0.717) is 16.5 Å². The van der Waals surface area contributed by atoms with Crippen molar-refractivity contribution in [3.05, 3.63) is 0 Å². The third-order valence-electron chi connectivity index (χ3n) is 2.81. The van der Waals surface area contributed by atoms with E-state index in [4.69, 9.17) is 0 Å².